The van der Waals surface area contributed by atoms with Crippen molar-refractivity contribution in [1.29, 1.82) is 0 Å². The predicted octanol–water partition coefficient (Wildman–Crippen LogP) is 0.779. The van der Waals surface area contributed by atoms with E-state index in [1.165, 1.54) is 12.8 Å². The highest BCUT2D eigenvalue weighted by atomic mass is 35.5. The van der Waals surface area contributed by atoms with E-state index in [0.29, 0.717) is 5.92 Å². The van der Waals surface area contributed by atoms with Crippen LogP contribution in [-0.2, 0) is 4.79 Å². The number of likely N-dealkylation sites (tertiary alicyclic amines) is 1. The molecule has 0 spiro atoms. The summed E-state index contributed by atoms with van der Waals surface area (Å²) in [6.07, 6.45) is 4.08. The Morgan fingerprint density at radius 2 is 1.88 bits per heavy atom. The van der Waals surface area contributed by atoms with Crippen LogP contribution in [0, 0.1) is 5.92 Å². The van der Waals surface area contributed by atoms with E-state index in [-0.39, 0.29) is 30.7 Å². The Labute approximate surface area is 115 Å². The molecule has 6 heteroatoms. The van der Waals surface area contributed by atoms with Gasteiger partial charge in [-0.25, -0.2) is 0 Å². The van der Waals surface area contributed by atoms with Crippen LogP contribution in [0.25, 0.3) is 0 Å². The van der Waals surface area contributed by atoms with Crippen molar-refractivity contribution in [1.82, 2.24) is 10.2 Å². The third-order valence-electron chi connectivity index (χ3n) is 3.63. The van der Waals surface area contributed by atoms with Gasteiger partial charge in [-0.05, 0) is 51.7 Å². The maximum Gasteiger partial charge on any atom is 0.240 e. The summed E-state index contributed by atoms with van der Waals surface area (Å²) in [7, 11) is 2.15. The van der Waals surface area contributed by atoms with Crippen LogP contribution in [0.5, 0.6) is 0 Å². The van der Waals surface area contributed by atoms with E-state index < -0.39 is 5.54 Å². The van der Waals surface area contributed by atoms with Crippen molar-refractivity contribution < 1.29 is 4.79 Å². The molecule has 0 bridgehead atoms. The van der Waals surface area contributed by atoms with E-state index in [1.54, 1.807) is 0 Å². The van der Waals surface area contributed by atoms with Crippen molar-refractivity contribution in [2.24, 2.45) is 11.7 Å². The molecule has 2 fully saturated rings. The van der Waals surface area contributed by atoms with Crippen LogP contribution in [0.1, 0.15) is 25.7 Å². The van der Waals surface area contributed by atoms with Gasteiger partial charge in [-0.3, -0.25) is 4.79 Å². The van der Waals surface area contributed by atoms with Gasteiger partial charge in [0.05, 0.1) is 5.54 Å². The zero-order chi connectivity index (χ0) is 10.9. The number of carbonyl (C=O) groups excluding carboxylic acids is 1. The second-order valence-corrected chi connectivity index (χ2v) is 5.11. The van der Waals surface area contributed by atoms with Crippen LogP contribution in [0.4, 0.5) is 0 Å². The average Bonchev–Trinajstić information content (AvgIpc) is 2.97. The SMILES string of the molecule is CN1CCC(CNC(=O)C2(N)CC2)CC1.Cl.Cl. The van der Waals surface area contributed by atoms with Crippen LogP contribution in [-0.4, -0.2) is 43.0 Å². The van der Waals surface area contributed by atoms with E-state index in [0.717, 1.165) is 32.5 Å². The largest absolute Gasteiger partial charge is 0.354 e. The maximum atomic E-state index is 11.6. The minimum atomic E-state index is -0.508. The van der Waals surface area contributed by atoms with Crippen LogP contribution < -0.4 is 11.1 Å². The Morgan fingerprint density at radius 3 is 2.35 bits per heavy atom. The fraction of sp³-hybridized carbons (Fsp3) is 0.909. The number of nitrogens with zero attached hydrogens (tertiary/aromatic N) is 1. The van der Waals surface area contributed by atoms with Gasteiger partial charge in [0.1, 0.15) is 0 Å². The summed E-state index contributed by atoms with van der Waals surface area (Å²) in [6, 6.07) is 0. The highest BCUT2D eigenvalue weighted by Crippen LogP contribution is 2.32. The number of nitrogens with one attached hydrogen (secondary N) is 1. The lowest BCUT2D eigenvalue weighted by molar-refractivity contribution is -0.123. The van der Waals surface area contributed by atoms with Crippen molar-refractivity contribution in [2.45, 2.75) is 31.2 Å². The van der Waals surface area contributed by atoms with Crippen molar-refractivity contribution in [2.75, 3.05) is 26.7 Å². The maximum absolute atomic E-state index is 11.6. The van der Waals surface area contributed by atoms with Gasteiger partial charge < -0.3 is 16.0 Å². The molecule has 0 radical (unpaired) electrons. The van der Waals surface area contributed by atoms with Crippen LogP contribution in [0.2, 0.25) is 0 Å². The van der Waals surface area contributed by atoms with Crippen LogP contribution in [0.15, 0.2) is 0 Å². The van der Waals surface area contributed by atoms with E-state index in [4.69, 9.17) is 5.73 Å². The molecule has 2 rings (SSSR count). The first-order valence-electron chi connectivity index (χ1n) is 5.86. The Hall–Kier alpha value is -0.0300. The fourth-order valence-corrected chi connectivity index (χ4v) is 2.04. The molecule has 0 aromatic rings. The molecule has 1 amide bonds. The Morgan fingerprint density at radius 1 is 1.35 bits per heavy atom. The highest BCUT2D eigenvalue weighted by Gasteiger charge is 2.45. The minimum absolute atomic E-state index is 0. The van der Waals surface area contributed by atoms with Gasteiger partial charge in [-0.15, -0.1) is 24.8 Å². The molecule has 0 aromatic carbocycles. The summed E-state index contributed by atoms with van der Waals surface area (Å²) in [4.78, 5) is 13.9. The molecule has 4 nitrogen and oxygen atoms in total. The number of hydrogen-bond donors (Lipinski definition) is 2. The Kier molecular flexibility index (Phi) is 6.77. The van der Waals surface area contributed by atoms with Gasteiger partial charge in [0, 0.05) is 6.54 Å². The number of amides is 1. The molecule has 2 aliphatic rings. The lowest BCUT2D eigenvalue weighted by Gasteiger charge is -2.29. The fourth-order valence-electron chi connectivity index (χ4n) is 2.04. The standard InChI is InChI=1S/C11H21N3O.2ClH/c1-14-6-2-9(3-7-14)8-13-10(15)11(12)4-5-11;;/h9H,2-8,12H2,1H3,(H,13,15);2*1H. The topological polar surface area (TPSA) is 58.4 Å². The summed E-state index contributed by atoms with van der Waals surface area (Å²) in [6.45, 7) is 3.11. The normalized spacial score (nSPS) is 23.2. The van der Waals surface area contributed by atoms with Crippen molar-refractivity contribution in [3.63, 3.8) is 0 Å². The zero-order valence-corrected chi connectivity index (χ0v) is 11.9. The molecule has 102 valence electrons. The summed E-state index contributed by atoms with van der Waals surface area (Å²) in [5, 5.41) is 2.99. The Balaban J connectivity index is 0.00000128. The first-order chi connectivity index (χ1) is 7.10. The molecule has 0 aromatic heterocycles. The van der Waals surface area contributed by atoms with Crippen LogP contribution in [0.3, 0.4) is 0 Å². The first-order valence-corrected chi connectivity index (χ1v) is 5.86. The number of halogens is 2. The van der Waals surface area contributed by atoms with Gasteiger partial charge in [0.2, 0.25) is 5.91 Å². The van der Waals surface area contributed by atoms with Gasteiger partial charge >= 0.3 is 0 Å². The first kappa shape index (κ1) is 17.0. The zero-order valence-electron chi connectivity index (χ0n) is 10.3. The van der Waals surface area contributed by atoms with E-state index in [9.17, 15) is 4.79 Å². The van der Waals surface area contributed by atoms with Crippen LogP contribution >= 0.6 is 24.8 Å². The molecule has 1 heterocycles. The third kappa shape index (κ3) is 4.62. The molecule has 1 saturated heterocycles. The third-order valence-corrected chi connectivity index (χ3v) is 3.63. The number of piperidine rings is 1. The van der Waals surface area contributed by atoms with E-state index >= 15 is 0 Å². The molecule has 3 N–H and O–H groups in total. The second kappa shape index (κ2) is 6.78. The smallest absolute Gasteiger partial charge is 0.240 e. The molecule has 0 atom stereocenters. The van der Waals surface area contributed by atoms with Gasteiger partial charge in [0.25, 0.3) is 0 Å². The quantitative estimate of drug-likeness (QED) is 0.805. The lowest BCUT2D eigenvalue weighted by atomic mass is 9.97. The lowest BCUT2D eigenvalue weighted by Crippen LogP contribution is -2.45. The molecular weight excluding hydrogens is 261 g/mol. The van der Waals surface area contributed by atoms with E-state index in [1.807, 2.05) is 0 Å². The monoisotopic (exact) mass is 283 g/mol. The second-order valence-electron chi connectivity index (χ2n) is 5.11. The predicted molar refractivity (Wildman–Crippen MR) is 73.9 cm³/mol. The molecule has 1 aliphatic heterocycles. The summed E-state index contributed by atoms with van der Waals surface area (Å²) >= 11 is 0. The average molecular weight is 284 g/mol. The number of nitrogens with two attached hydrogens (primary N) is 1. The van der Waals surface area contributed by atoms with Crippen molar-refractivity contribution in [3.05, 3.63) is 0 Å². The molecule has 17 heavy (non-hydrogen) atoms. The molecular formula is C11H23Cl2N3O. The molecule has 1 aliphatic carbocycles. The molecule has 1 saturated carbocycles. The number of carbonyl (C=O) groups is 1. The molecule has 0 unspecified atom stereocenters. The van der Waals surface area contributed by atoms with Gasteiger partial charge in [0.15, 0.2) is 0 Å². The minimum Gasteiger partial charge on any atom is -0.354 e. The summed E-state index contributed by atoms with van der Waals surface area (Å²) in [5.74, 6) is 0.703. The summed E-state index contributed by atoms with van der Waals surface area (Å²) in [5.41, 5.74) is 5.30. The van der Waals surface area contributed by atoms with Crippen molar-refractivity contribution >= 4 is 30.7 Å². The number of rotatable bonds is 3. The van der Waals surface area contributed by atoms with Gasteiger partial charge in [-0.1, -0.05) is 0 Å². The Bertz CT molecular complexity index is 251. The van der Waals surface area contributed by atoms with E-state index in [2.05, 4.69) is 17.3 Å². The van der Waals surface area contributed by atoms with Gasteiger partial charge in [-0.2, -0.15) is 0 Å². The highest BCUT2D eigenvalue weighted by molar-refractivity contribution is 5.88. The summed E-state index contributed by atoms with van der Waals surface area (Å²) < 4.78 is 0. The van der Waals surface area contributed by atoms with Crippen molar-refractivity contribution in [3.8, 4) is 0 Å². The number of hydrogen-bond acceptors (Lipinski definition) is 3.